The van der Waals surface area contributed by atoms with Crippen LogP contribution in [0.2, 0.25) is 0 Å². The number of hydrogen-bond donors (Lipinski definition) is 3. The Bertz CT molecular complexity index is 811. The fraction of sp³-hybridized carbons (Fsp3) is 0.562. The van der Waals surface area contributed by atoms with E-state index >= 15 is 4.39 Å². The van der Waals surface area contributed by atoms with Gasteiger partial charge in [-0.2, -0.15) is 0 Å². The molecule has 4 N–H and O–H groups in total. The SMILES string of the molecule is Cc1cc(C(N)C(=O)NC2(F)C(=O)N3[C@@H](C(=O)O)C(C)(C)S[C@@H]32)c(C)s1. The molecule has 7 nitrogen and oxygen atoms in total. The van der Waals surface area contributed by atoms with Crippen molar-refractivity contribution in [3.63, 3.8) is 0 Å². The molecule has 0 radical (unpaired) electrons. The lowest BCUT2D eigenvalue weighted by Crippen LogP contribution is -2.77. The molecule has 2 aliphatic rings. The number of carboxylic acids is 1. The number of halogens is 1. The van der Waals surface area contributed by atoms with Gasteiger partial charge >= 0.3 is 5.97 Å². The molecule has 0 saturated carbocycles. The molecule has 26 heavy (non-hydrogen) atoms. The van der Waals surface area contributed by atoms with E-state index in [0.29, 0.717) is 5.56 Å². The van der Waals surface area contributed by atoms with Gasteiger partial charge in [0.25, 0.3) is 11.7 Å². The van der Waals surface area contributed by atoms with Crippen molar-refractivity contribution in [2.45, 2.75) is 55.7 Å². The molecule has 4 atom stereocenters. The number of amides is 2. The molecule has 2 amide bonds. The van der Waals surface area contributed by atoms with Crippen molar-refractivity contribution in [2.75, 3.05) is 0 Å². The standard InChI is InChI=1S/C16H20FN3O4S2/c1-6-5-8(7(2)25-6)9(18)11(21)19-16(17)13(24)20-10(12(22)23)15(3,4)26-14(16)20/h5,9-10,14H,18H2,1-4H3,(H,19,21)(H,22,23)/t9?,10-,14+,16?/m0/s1. The van der Waals surface area contributed by atoms with Gasteiger partial charge in [-0.3, -0.25) is 9.59 Å². The number of thioether (sulfide) groups is 1. The fourth-order valence-corrected chi connectivity index (χ4v) is 6.04. The molecule has 1 aromatic heterocycles. The molecule has 0 aromatic carbocycles. The predicted octanol–water partition coefficient (Wildman–Crippen LogP) is 1.29. The van der Waals surface area contributed by atoms with E-state index in [1.807, 2.05) is 13.8 Å². The van der Waals surface area contributed by atoms with Gasteiger partial charge in [0.15, 0.2) is 0 Å². The van der Waals surface area contributed by atoms with E-state index in [9.17, 15) is 19.5 Å². The lowest BCUT2D eigenvalue weighted by Gasteiger charge is -2.47. The second-order valence-electron chi connectivity index (χ2n) is 7.07. The van der Waals surface area contributed by atoms with Crippen LogP contribution in [0.15, 0.2) is 6.07 Å². The number of hydrogen-bond acceptors (Lipinski definition) is 6. The van der Waals surface area contributed by atoms with Crippen LogP contribution in [0.1, 0.15) is 35.2 Å². The summed E-state index contributed by atoms with van der Waals surface area (Å²) in [7, 11) is 0. The van der Waals surface area contributed by atoms with E-state index in [2.05, 4.69) is 5.32 Å². The zero-order valence-electron chi connectivity index (χ0n) is 14.7. The number of carbonyl (C=O) groups excluding carboxylic acids is 2. The van der Waals surface area contributed by atoms with Crippen molar-refractivity contribution >= 4 is 40.9 Å². The second kappa shape index (κ2) is 5.93. The molecule has 10 heteroatoms. The molecule has 0 spiro atoms. The van der Waals surface area contributed by atoms with Gasteiger partial charge in [0.1, 0.15) is 17.5 Å². The molecule has 3 heterocycles. The Morgan fingerprint density at radius 2 is 2.04 bits per heavy atom. The van der Waals surface area contributed by atoms with Gasteiger partial charge in [0, 0.05) is 14.5 Å². The van der Waals surface area contributed by atoms with Crippen LogP contribution in [0, 0.1) is 13.8 Å². The van der Waals surface area contributed by atoms with Crippen LogP contribution < -0.4 is 11.1 Å². The molecule has 2 unspecified atom stereocenters. The van der Waals surface area contributed by atoms with Gasteiger partial charge in [-0.05, 0) is 39.3 Å². The van der Waals surface area contributed by atoms with Gasteiger partial charge in [0.05, 0.1) is 0 Å². The Labute approximate surface area is 158 Å². The number of aryl methyl sites for hydroxylation is 2. The first-order chi connectivity index (χ1) is 11.9. The van der Waals surface area contributed by atoms with E-state index in [4.69, 9.17) is 5.73 Å². The minimum Gasteiger partial charge on any atom is -0.480 e. The predicted molar refractivity (Wildman–Crippen MR) is 96.4 cm³/mol. The topological polar surface area (TPSA) is 113 Å². The summed E-state index contributed by atoms with van der Waals surface area (Å²) in [6.07, 6.45) is 0. The van der Waals surface area contributed by atoms with Crippen LogP contribution >= 0.6 is 23.1 Å². The van der Waals surface area contributed by atoms with Crippen molar-refractivity contribution in [2.24, 2.45) is 5.73 Å². The first-order valence-electron chi connectivity index (χ1n) is 7.97. The van der Waals surface area contributed by atoms with Crippen LogP contribution in [-0.4, -0.2) is 49.7 Å². The number of carbonyl (C=O) groups is 3. The summed E-state index contributed by atoms with van der Waals surface area (Å²) in [5, 5.41) is 10.4. The monoisotopic (exact) mass is 401 g/mol. The highest BCUT2D eigenvalue weighted by atomic mass is 32.2. The average molecular weight is 401 g/mol. The van der Waals surface area contributed by atoms with Gasteiger partial charge in [-0.15, -0.1) is 23.1 Å². The van der Waals surface area contributed by atoms with Crippen molar-refractivity contribution in [1.82, 2.24) is 10.2 Å². The average Bonchev–Trinajstić information content (AvgIpc) is 3.00. The number of nitrogens with one attached hydrogen (secondary N) is 1. The van der Waals surface area contributed by atoms with Crippen molar-refractivity contribution in [3.8, 4) is 0 Å². The zero-order valence-corrected chi connectivity index (χ0v) is 16.3. The zero-order chi connectivity index (χ0) is 19.6. The number of nitrogens with two attached hydrogens (primary N) is 1. The van der Waals surface area contributed by atoms with Crippen LogP contribution in [0.5, 0.6) is 0 Å². The molecular formula is C16H20FN3O4S2. The maximum atomic E-state index is 15.3. The lowest BCUT2D eigenvalue weighted by molar-refractivity contribution is -0.182. The molecule has 3 rings (SSSR count). The van der Waals surface area contributed by atoms with Crippen molar-refractivity contribution in [3.05, 3.63) is 21.4 Å². The molecule has 2 aliphatic heterocycles. The number of thiophene rings is 1. The van der Waals surface area contributed by atoms with Crippen LogP contribution in [0.4, 0.5) is 4.39 Å². The summed E-state index contributed by atoms with van der Waals surface area (Å²) in [6.45, 7) is 6.95. The molecule has 0 aliphatic carbocycles. The molecular weight excluding hydrogens is 381 g/mol. The van der Waals surface area contributed by atoms with Crippen molar-refractivity contribution < 1.29 is 23.9 Å². The molecule has 2 saturated heterocycles. The summed E-state index contributed by atoms with van der Waals surface area (Å²) >= 11 is 2.49. The Kier molecular flexibility index (Phi) is 4.36. The Balaban J connectivity index is 1.80. The van der Waals surface area contributed by atoms with E-state index < -0.39 is 45.8 Å². The van der Waals surface area contributed by atoms with Gasteiger partial charge in [-0.1, -0.05) is 0 Å². The Morgan fingerprint density at radius 1 is 1.42 bits per heavy atom. The summed E-state index contributed by atoms with van der Waals surface area (Å²) in [5.74, 6) is -5.71. The minimum absolute atomic E-state index is 0.583. The molecule has 0 bridgehead atoms. The summed E-state index contributed by atoms with van der Waals surface area (Å²) in [6, 6.07) is -0.497. The number of β-lactam (4-membered cyclic amide) rings is 1. The first-order valence-corrected chi connectivity index (χ1v) is 9.66. The number of nitrogens with zero attached hydrogens (tertiary/aromatic N) is 1. The van der Waals surface area contributed by atoms with E-state index in [0.717, 1.165) is 26.4 Å². The third-order valence-corrected chi connectivity index (χ3v) is 7.31. The van der Waals surface area contributed by atoms with E-state index in [1.165, 1.54) is 11.3 Å². The fourth-order valence-electron chi connectivity index (χ4n) is 3.49. The quantitative estimate of drug-likeness (QED) is 0.518. The normalized spacial score (nSPS) is 30.5. The Morgan fingerprint density at radius 3 is 2.54 bits per heavy atom. The minimum atomic E-state index is -2.65. The molecule has 1 aromatic rings. The lowest BCUT2D eigenvalue weighted by atomic mass is 9.94. The maximum Gasteiger partial charge on any atom is 0.327 e. The number of rotatable bonds is 4. The second-order valence-corrected chi connectivity index (χ2v) is 10.3. The first kappa shape index (κ1) is 19.1. The van der Waals surface area contributed by atoms with E-state index in [1.54, 1.807) is 19.9 Å². The van der Waals surface area contributed by atoms with E-state index in [-0.39, 0.29) is 0 Å². The highest BCUT2D eigenvalue weighted by Gasteiger charge is 2.73. The Hall–Kier alpha value is -1.65. The highest BCUT2D eigenvalue weighted by Crippen LogP contribution is 2.55. The smallest absolute Gasteiger partial charge is 0.327 e. The van der Waals surface area contributed by atoms with Gasteiger partial charge in [-0.25, -0.2) is 9.18 Å². The summed E-state index contributed by atoms with van der Waals surface area (Å²) in [4.78, 5) is 39.1. The third kappa shape index (κ3) is 2.62. The van der Waals surface area contributed by atoms with Crippen molar-refractivity contribution in [1.29, 1.82) is 0 Å². The van der Waals surface area contributed by atoms with Crippen LogP contribution in [0.25, 0.3) is 0 Å². The molecule has 2 fully saturated rings. The largest absolute Gasteiger partial charge is 0.480 e. The van der Waals surface area contributed by atoms with Crippen LogP contribution in [0.3, 0.4) is 0 Å². The van der Waals surface area contributed by atoms with Gasteiger partial charge < -0.3 is 21.1 Å². The third-order valence-electron chi connectivity index (χ3n) is 4.73. The maximum absolute atomic E-state index is 15.3. The number of aliphatic carboxylic acids is 1. The molecule has 142 valence electrons. The summed E-state index contributed by atoms with van der Waals surface area (Å²) in [5.41, 5.74) is 6.54. The number of alkyl halides is 1. The number of carboxylic acid groups (broad SMARTS) is 1. The summed E-state index contributed by atoms with van der Waals surface area (Å²) < 4.78 is 14.4. The highest BCUT2D eigenvalue weighted by molar-refractivity contribution is 8.01. The van der Waals surface area contributed by atoms with Gasteiger partial charge in [0.2, 0.25) is 5.91 Å². The number of fused-ring (bicyclic) bond motifs is 1. The van der Waals surface area contributed by atoms with Crippen LogP contribution in [-0.2, 0) is 14.4 Å².